The van der Waals surface area contributed by atoms with Crippen LogP contribution >= 0.6 is 0 Å². The van der Waals surface area contributed by atoms with Crippen LogP contribution in [0.25, 0.3) is 0 Å². The van der Waals surface area contributed by atoms with Crippen molar-refractivity contribution in [3.63, 3.8) is 0 Å². The number of aromatic hydroxyl groups is 1. The Kier molecular flexibility index (Phi) is 11.1. The third-order valence-electron chi connectivity index (χ3n) is 7.11. The molecule has 1 fully saturated rings. The van der Waals surface area contributed by atoms with E-state index in [-0.39, 0.29) is 35.6 Å². The molecule has 0 aliphatic carbocycles. The first-order valence-corrected chi connectivity index (χ1v) is 13.5. The Morgan fingerprint density at radius 2 is 1.81 bits per heavy atom. The van der Waals surface area contributed by atoms with E-state index >= 15 is 0 Å². The van der Waals surface area contributed by atoms with Crippen LogP contribution in [0.5, 0.6) is 11.5 Å². The van der Waals surface area contributed by atoms with Crippen LogP contribution in [-0.4, -0.2) is 59.1 Å². The lowest BCUT2D eigenvalue weighted by molar-refractivity contribution is -0.143. The molecule has 0 saturated carbocycles. The predicted molar refractivity (Wildman–Crippen MR) is 143 cm³/mol. The number of carboxylic acid groups (broad SMARTS) is 1. The highest BCUT2D eigenvalue weighted by Crippen LogP contribution is 2.48. The molecule has 0 radical (unpaired) electrons. The van der Waals surface area contributed by atoms with Crippen LogP contribution in [0.2, 0.25) is 0 Å². The summed E-state index contributed by atoms with van der Waals surface area (Å²) in [6.07, 6.45) is 2.09. The summed E-state index contributed by atoms with van der Waals surface area (Å²) in [4.78, 5) is 27.3. The molecule has 0 aromatic heterocycles. The first kappa shape index (κ1) is 30.7. The number of carbonyl (C=O) groups is 2. The maximum Gasteiger partial charge on any atom is 0.411 e. The van der Waals surface area contributed by atoms with Gasteiger partial charge in [0.1, 0.15) is 5.60 Å². The number of aliphatic carboxylic acids is 1. The van der Waals surface area contributed by atoms with E-state index in [0.29, 0.717) is 38.2 Å². The molecule has 1 amide bonds. The Bertz CT molecular complexity index is 893. The maximum absolute atomic E-state index is 13.6. The van der Waals surface area contributed by atoms with Gasteiger partial charge in [0.25, 0.3) is 0 Å². The van der Waals surface area contributed by atoms with Gasteiger partial charge in [0.2, 0.25) is 0 Å². The second-order valence-electron chi connectivity index (χ2n) is 11.8. The Morgan fingerprint density at radius 1 is 1.14 bits per heavy atom. The van der Waals surface area contributed by atoms with Gasteiger partial charge in [-0.2, -0.15) is 0 Å². The van der Waals surface area contributed by atoms with E-state index in [1.807, 2.05) is 51.7 Å². The lowest BCUT2D eigenvalue weighted by Crippen LogP contribution is -2.42. The summed E-state index contributed by atoms with van der Waals surface area (Å²) in [5.74, 6) is -0.469. The number of carboxylic acids is 1. The molecule has 2 rings (SSSR count). The standard InChI is InChI=1S/C29H47NO7/c1-18(2)22(27(32)33)12-11-21-17-23(19(3)4)26(30(21)28(34)37-29(5,6)7)20-10-13-24(31)25(16-20)36-15-9-14-35-8/h10,13,16,18-19,21-23,26,31H,9,11-12,14-15,17H2,1-8H3,(H,32,33). The van der Waals surface area contributed by atoms with Crippen molar-refractivity contribution in [1.82, 2.24) is 4.90 Å². The van der Waals surface area contributed by atoms with Gasteiger partial charge >= 0.3 is 12.1 Å². The van der Waals surface area contributed by atoms with Crippen LogP contribution in [-0.2, 0) is 14.3 Å². The van der Waals surface area contributed by atoms with Crippen molar-refractivity contribution in [3.05, 3.63) is 23.8 Å². The molecule has 1 aromatic rings. The van der Waals surface area contributed by atoms with Crippen molar-refractivity contribution in [2.45, 2.75) is 91.8 Å². The van der Waals surface area contributed by atoms with E-state index in [0.717, 1.165) is 12.0 Å². The van der Waals surface area contributed by atoms with Crippen LogP contribution in [0.4, 0.5) is 4.79 Å². The van der Waals surface area contributed by atoms with Gasteiger partial charge in [-0.1, -0.05) is 33.8 Å². The molecule has 2 N–H and O–H groups in total. The van der Waals surface area contributed by atoms with Gasteiger partial charge < -0.3 is 24.4 Å². The summed E-state index contributed by atoms with van der Waals surface area (Å²) in [5, 5.41) is 20.1. The molecule has 0 bridgehead atoms. The normalized spacial score (nSPS) is 20.9. The Labute approximate surface area is 222 Å². The molecule has 4 atom stereocenters. The second-order valence-corrected chi connectivity index (χ2v) is 11.8. The first-order chi connectivity index (χ1) is 17.3. The van der Waals surface area contributed by atoms with Gasteiger partial charge in [0.05, 0.1) is 18.6 Å². The minimum absolute atomic E-state index is 0.000450. The van der Waals surface area contributed by atoms with Crippen LogP contribution in [0.1, 0.15) is 85.8 Å². The fourth-order valence-electron chi connectivity index (χ4n) is 5.20. The monoisotopic (exact) mass is 521 g/mol. The van der Waals surface area contributed by atoms with Crippen LogP contribution in [0.15, 0.2) is 18.2 Å². The molecule has 1 aliphatic heterocycles. The predicted octanol–water partition coefficient (Wildman–Crippen LogP) is 6.27. The molecule has 8 heteroatoms. The van der Waals surface area contributed by atoms with E-state index < -0.39 is 23.6 Å². The number of nitrogens with zero attached hydrogens (tertiary/aromatic N) is 1. The zero-order valence-corrected chi connectivity index (χ0v) is 23.8. The Balaban J connectivity index is 2.45. The van der Waals surface area contributed by atoms with Crippen molar-refractivity contribution >= 4 is 12.1 Å². The number of phenolic OH excluding ortho intramolecular Hbond substituents is 1. The number of rotatable bonds is 12. The Morgan fingerprint density at radius 3 is 2.35 bits per heavy atom. The molecule has 1 aromatic carbocycles. The number of methoxy groups -OCH3 is 1. The smallest absolute Gasteiger partial charge is 0.411 e. The van der Waals surface area contributed by atoms with Crippen molar-refractivity contribution < 1.29 is 34.0 Å². The number of likely N-dealkylation sites (tertiary alicyclic amines) is 1. The van der Waals surface area contributed by atoms with Crippen molar-refractivity contribution in [2.24, 2.45) is 23.7 Å². The van der Waals surface area contributed by atoms with Gasteiger partial charge in [0, 0.05) is 26.2 Å². The summed E-state index contributed by atoms with van der Waals surface area (Å²) in [6, 6.07) is 4.82. The molecular weight excluding hydrogens is 474 g/mol. The number of hydrogen-bond acceptors (Lipinski definition) is 6. The largest absolute Gasteiger partial charge is 0.504 e. The molecule has 1 aliphatic rings. The average Bonchev–Trinajstić information content (AvgIpc) is 3.16. The number of hydrogen-bond donors (Lipinski definition) is 2. The number of carbonyl (C=O) groups excluding carboxylic acids is 1. The highest BCUT2D eigenvalue weighted by molar-refractivity contribution is 5.71. The number of amides is 1. The molecular formula is C29H47NO7. The fourth-order valence-corrected chi connectivity index (χ4v) is 5.20. The van der Waals surface area contributed by atoms with Gasteiger partial charge in [0.15, 0.2) is 11.5 Å². The molecule has 0 spiro atoms. The fraction of sp³-hybridized carbons (Fsp3) is 0.724. The minimum Gasteiger partial charge on any atom is -0.504 e. The third kappa shape index (κ3) is 8.52. The number of ether oxygens (including phenoxy) is 3. The van der Waals surface area contributed by atoms with E-state index in [1.54, 1.807) is 13.2 Å². The van der Waals surface area contributed by atoms with E-state index in [4.69, 9.17) is 14.2 Å². The van der Waals surface area contributed by atoms with Gasteiger partial charge in [-0.25, -0.2) is 4.79 Å². The van der Waals surface area contributed by atoms with Crippen LogP contribution < -0.4 is 4.74 Å². The molecule has 8 nitrogen and oxygen atoms in total. The summed E-state index contributed by atoms with van der Waals surface area (Å²) >= 11 is 0. The highest BCUT2D eigenvalue weighted by atomic mass is 16.6. The molecule has 1 saturated heterocycles. The SMILES string of the molecule is COCCCOc1cc(C2C(C(C)C)CC(CCC(C(=O)O)C(C)C)N2C(=O)OC(C)(C)C)ccc1O. The van der Waals surface area contributed by atoms with Crippen LogP contribution in [0.3, 0.4) is 0 Å². The van der Waals surface area contributed by atoms with E-state index in [2.05, 4.69) is 13.8 Å². The third-order valence-corrected chi connectivity index (χ3v) is 7.11. The van der Waals surface area contributed by atoms with Gasteiger partial charge in [-0.15, -0.1) is 0 Å². The lowest BCUT2D eigenvalue weighted by Gasteiger charge is -2.35. The van der Waals surface area contributed by atoms with E-state index in [1.165, 1.54) is 0 Å². The quantitative estimate of drug-likeness (QED) is 0.312. The van der Waals surface area contributed by atoms with Crippen molar-refractivity contribution in [2.75, 3.05) is 20.3 Å². The minimum atomic E-state index is -0.803. The summed E-state index contributed by atoms with van der Waals surface area (Å²) in [7, 11) is 1.63. The topological polar surface area (TPSA) is 106 Å². The van der Waals surface area contributed by atoms with Gasteiger partial charge in [-0.3, -0.25) is 9.69 Å². The first-order valence-electron chi connectivity index (χ1n) is 13.5. The van der Waals surface area contributed by atoms with Gasteiger partial charge in [-0.05, 0) is 75.5 Å². The molecule has 1 heterocycles. The zero-order chi connectivity index (χ0) is 27.9. The Hall–Kier alpha value is -2.48. The molecule has 37 heavy (non-hydrogen) atoms. The zero-order valence-electron chi connectivity index (χ0n) is 23.8. The second kappa shape index (κ2) is 13.4. The maximum atomic E-state index is 13.6. The van der Waals surface area contributed by atoms with Crippen LogP contribution in [0, 0.1) is 23.7 Å². The highest BCUT2D eigenvalue weighted by Gasteiger charge is 2.47. The molecule has 210 valence electrons. The number of benzene rings is 1. The number of phenols is 1. The summed E-state index contributed by atoms with van der Waals surface area (Å²) < 4.78 is 16.8. The summed E-state index contributed by atoms with van der Waals surface area (Å²) in [5.41, 5.74) is 0.194. The lowest BCUT2D eigenvalue weighted by atomic mass is 9.83. The van der Waals surface area contributed by atoms with Crippen molar-refractivity contribution in [1.29, 1.82) is 0 Å². The van der Waals surface area contributed by atoms with Crippen molar-refractivity contribution in [3.8, 4) is 11.5 Å². The summed E-state index contributed by atoms with van der Waals surface area (Å²) in [6.45, 7) is 14.6. The molecule has 4 unspecified atom stereocenters. The average molecular weight is 522 g/mol. The van der Waals surface area contributed by atoms with E-state index in [9.17, 15) is 19.8 Å².